The van der Waals surface area contributed by atoms with Crippen molar-refractivity contribution in [3.8, 4) is 0 Å². The van der Waals surface area contributed by atoms with Gasteiger partial charge < -0.3 is 10.4 Å². The number of quaternary nitrogens is 1. The third-order valence-corrected chi connectivity index (χ3v) is 4.38. The predicted molar refractivity (Wildman–Crippen MR) is 86.0 cm³/mol. The Kier molecular flexibility index (Phi) is 8.63. The molecule has 0 aromatic rings. The van der Waals surface area contributed by atoms with Gasteiger partial charge in [0.15, 0.2) is 6.17 Å². The highest BCUT2D eigenvalue weighted by atomic mass is 16.3. The molecule has 2 atom stereocenters. The largest absolute Gasteiger partial charge is 0.390 e. The molecule has 0 bridgehead atoms. The Labute approximate surface area is 125 Å². The number of aliphatic hydroxyl groups excluding tert-OH is 1. The van der Waals surface area contributed by atoms with Crippen LogP contribution >= 0.6 is 0 Å². The Morgan fingerprint density at radius 1 is 1.15 bits per heavy atom. The van der Waals surface area contributed by atoms with Crippen molar-refractivity contribution in [1.29, 1.82) is 0 Å². The Morgan fingerprint density at radius 3 is 2.55 bits per heavy atom. The summed E-state index contributed by atoms with van der Waals surface area (Å²) >= 11 is 0. The standard InChI is InChI=1S/C17H33N2O/c1-3-5-6-7-8-9-10-11-12-17-18-13-14-19(17,4-2)15-16-20/h7-8,13-14,17-18,20H,3-6,9-12,15-16H2,1-2H3/q+1/b8-7+. The SMILES string of the molecule is CCCC/C=C/CCCCC1NC=C[N+]1(CC)CCO. The minimum Gasteiger partial charge on any atom is -0.390 e. The minimum atomic E-state index is 0.260. The van der Waals surface area contributed by atoms with Crippen LogP contribution in [0, 0.1) is 0 Å². The lowest BCUT2D eigenvalue weighted by Crippen LogP contribution is -2.54. The lowest BCUT2D eigenvalue weighted by molar-refractivity contribution is -0.900. The maximum absolute atomic E-state index is 9.27. The molecular formula is C17H33N2O+. The number of hydrogen-bond acceptors (Lipinski definition) is 2. The van der Waals surface area contributed by atoms with Crippen LogP contribution in [-0.4, -0.2) is 35.5 Å². The van der Waals surface area contributed by atoms with Gasteiger partial charge in [-0.25, -0.2) is 0 Å². The fourth-order valence-electron chi connectivity index (χ4n) is 2.95. The Balaban J connectivity index is 2.19. The van der Waals surface area contributed by atoms with Crippen LogP contribution in [0.5, 0.6) is 0 Å². The number of likely N-dealkylation sites (N-methyl/N-ethyl adjacent to an activating group) is 1. The average Bonchev–Trinajstić information content (AvgIpc) is 2.86. The summed E-state index contributed by atoms with van der Waals surface area (Å²) < 4.78 is 0.892. The molecule has 2 unspecified atom stereocenters. The van der Waals surface area contributed by atoms with E-state index in [0.29, 0.717) is 6.17 Å². The summed E-state index contributed by atoms with van der Waals surface area (Å²) in [5, 5.41) is 12.7. The summed E-state index contributed by atoms with van der Waals surface area (Å²) in [6.45, 7) is 6.57. The lowest BCUT2D eigenvalue weighted by Gasteiger charge is -2.36. The highest BCUT2D eigenvalue weighted by Gasteiger charge is 2.35. The van der Waals surface area contributed by atoms with Gasteiger partial charge in [0.25, 0.3) is 0 Å². The van der Waals surface area contributed by atoms with Crippen molar-refractivity contribution >= 4 is 0 Å². The monoisotopic (exact) mass is 281 g/mol. The van der Waals surface area contributed by atoms with Crippen LogP contribution in [0.3, 0.4) is 0 Å². The van der Waals surface area contributed by atoms with Crippen LogP contribution in [0.2, 0.25) is 0 Å². The molecule has 1 rings (SSSR count). The van der Waals surface area contributed by atoms with Crippen molar-refractivity contribution in [3.63, 3.8) is 0 Å². The number of nitrogens with zero attached hydrogens (tertiary/aromatic N) is 1. The van der Waals surface area contributed by atoms with Gasteiger partial charge in [-0.2, -0.15) is 0 Å². The summed E-state index contributed by atoms with van der Waals surface area (Å²) in [4.78, 5) is 0. The maximum atomic E-state index is 9.27. The fourth-order valence-corrected chi connectivity index (χ4v) is 2.95. The molecule has 3 nitrogen and oxygen atoms in total. The van der Waals surface area contributed by atoms with E-state index in [9.17, 15) is 5.11 Å². The normalized spacial score (nSPS) is 25.4. The number of hydrogen-bond donors (Lipinski definition) is 2. The summed E-state index contributed by atoms with van der Waals surface area (Å²) in [5.74, 6) is 0. The predicted octanol–water partition coefficient (Wildman–Crippen LogP) is 3.52. The number of allylic oxidation sites excluding steroid dienone is 2. The summed E-state index contributed by atoms with van der Waals surface area (Å²) in [7, 11) is 0. The minimum absolute atomic E-state index is 0.260. The molecule has 0 saturated carbocycles. The summed E-state index contributed by atoms with van der Waals surface area (Å²) in [5.41, 5.74) is 0. The number of aliphatic hydroxyl groups is 1. The second kappa shape index (κ2) is 10.0. The van der Waals surface area contributed by atoms with Crippen molar-refractivity contribution in [2.45, 2.75) is 65.0 Å². The van der Waals surface area contributed by atoms with E-state index in [1.54, 1.807) is 0 Å². The first-order valence-electron chi connectivity index (χ1n) is 8.35. The van der Waals surface area contributed by atoms with E-state index in [1.807, 2.05) is 0 Å². The Hall–Kier alpha value is -0.800. The molecule has 0 spiro atoms. The summed E-state index contributed by atoms with van der Waals surface area (Å²) in [6, 6.07) is 0. The molecule has 0 saturated heterocycles. The zero-order valence-electron chi connectivity index (χ0n) is 13.4. The van der Waals surface area contributed by atoms with E-state index in [-0.39, 0.29) is 6.61 Å². The zero-order chi connectivity index (χ0) is 14.7. The third-order valence-electron chi connectivity index (χ3n) is 4.38. The molecular weight excluding hydrogens is 248 g/mol. The topological polar surface area (TPSA) is 32.3 Å². The fraction of sp³-hybridized carbons (Fsp3) is 0.765. The van der Waals surface area contributed by atoms with Crippen LogP contribution < -0.4 is 5.32 Å². The second-order valence-electron chi connectivity index (χ2n) is 5.76. The van der Waals surface area contributed by atoms with Gasteiger partial charge in [0.1, 0.15) is 12.7 Å². The van der Waals surface area contributed by atoms with Gasteiger partial charge in [-0.15, -0.1) is 0 Å². The van der Waals surface area contributed by atoms with Crippen LogP contribution in [0.25, 0.3) is 0 Å². The highest BCUT2D eigenvalue weighted by Crippen LogP contribution is 2.22. The maximum Gasteiger partial charge on any atom is 0.166 e. The van der Waals surface area contributed by atoms with E-state index < -0.39 is 0 Å². The van der Waals surface area contributed by atoms with Gasteiger partial charge in [-0.3, -0.25) is 4.48 Å². The van der Waals surface area contributed by atoms with Crippen molar-refractivity contribution < 1.29 is 9.59 Å². The van der Waals surface area contributed by atoms with E-state index in [4.69, 9.17) is 0 Å². The van der Waals surface area contributed by atoms with Crippen molar-refractivity contribution in [1.82, 2.24) is 5.32 Å². The Morgan fingerprint density at radius 2 is 1.90 bits per heavy atom. The molecule has 0 aliphatic carbocycles. The molecule has 1 aliphatic rings. The second-order valence-corrected chi connectivity index (χ2v) is 5.76. The van der Waals surface area contributed by atoms with Crippen LogP contribution in [-0.2, 0) is 0 Å². The summed E-state index contributed by atoms with van der Waals surface area (Å²) in [6.07, 6.45) is 18.1. The van der Waals surface area contributed by atoms with Gasteiger partial charge in [0, 0.05) is 6.42 Å². The van der Waals surface area contributed by atoms with E-state index in [2.05, 4.69) is 43.7 Å². The van der Waals surface area contributed by atoms with E-state index in [1.165, 1.54) is 44.9 Å². The van der Waals surface area contributed by atoms with E-state index >= 15 is 0 Å². The Bertz CT molecular complexity index is 301. The number of rotatable bonds is 11. The molecule has 1 heterocycles. The molecule has 0 radical (unpaired) electrons. The average molecular weight is 281 g/mol. The molecule has 0 amide bonds. The van der Waals surface area contributed by atoms with E-state index in [0.717, 1.165) is 17.6 Å². The zero-order valence-corrected chi connectivity index (χ0v) is 13.4. The number of unbranched alkanes of at least 4 members (excludes halogenated alkanes) is 4. The van der Waals surface area contributed by atoms with Gasteiger partial charge in [0.05, 0.1) is 19.4 Å². The van der Waals surface area contributed by atoms with Gasteiger partial charge in [-0.05, 0) is 32.6 Å². The molecule has 20 heavy (non-hydrogen) atoms. The van der Waals surface area contributed by atoms with Gasteiger partial charge in [0.2, 0.25) is 0 Å². The van der Waals surface area contributed by atoms with Gasteiger partial charge >= 0.3 is 0 Å². The third kappa shape index (κ3) is 5.29. The van der Waals surface area contributed by atoms with Crippen LogP contribution in [0.4, 0.5) is 0 Å². The van der Waals surface area contributed by atoms with Crippen molar-refractivity contribution in [2.75, 3.05) is 19.7 Å². The molecule has 0 fully saturated rings. The van der Waals surface area contributed by atoms with Crippen LogP contribution in [0.15, 0.2) is 24.6 Å². The first kappa shape index (κ1) is 17.3. The van der Waals surface area contributed by atoms with Gasteiger partial charge in [-0.1, -0.05) is 31.9 Å². The molecule has 3 heteroatoms. The molecule has 2 N–H and O–H groups in total. The molecule has 116 valence electrons. The van der Waals surface area contributed by atoms with Crippen molar-refractivity contribution in [2.24, 2.45) is 0 Å². The quantitative estimate of drug-likeness (QED) is 0.345. The molecule has 0 aromatic heterocycles. The lowest BCUT2D eigenvalue weighted by atomic mass is 10.1. The number of nitrogens with one attached hydrogen (secondary N) is 1. The smallest absolute Gasteiger partial charge is 0.166 e. The molecule has 1 aliphatic heterocycles. The van der Waals surface area contributed by atoms with Crippen molar-refractivity contribution in [3.05, 3.63) is 24.6 Å². The van der Waals surface area contributed by atoms with Crippen LogP contribution in [0.1, 0.15) is 58.8 Å². The molecule has 0 aromatic carbocycles. The highest BCUT2D eigenvalue weighted by molar-refractivity contribution is 4.85. The first-order valence-corrected chi connectivity index (χ1v) is 8.35. The first-order chi connectivity index (χ1) is 9.79.